The van der Waals surface area contributed by atoms with Crippen LogP contribution < -0.4 is 0 Å². The molecule has 0 fully saturated rings. The van der Waals surface area contributed by atoms with E-state index in [4.69, 9.17) is 0 Å². The lowest BCUT2D eigenvalue weighted by atomic mass is 10.3. The number of hydrogen-bond acceptors (Lipinski definition) is 3. The van der Waals surface area contributed by atoms with Crippen molar-refractivity contribution in [3.63, 3.8) is 0 Å². The van der Waals surface area contributed by atoms with E-state index >= 15 is 0 Å². The van der Waals surface area contributed by atoms with Gasteiger partial charge in [-0.15, -0.1) is 10.2 Å². The molecule has 0 saturated carbocycles. The van der Waals surface area contributed by atoms with E-state index in [9.17, 15) is 0 Å². The Balaban J connectivity index is 2.02. The SMILES string of the molecule is CCCCCSc1nncn1-c1ccccc1. The summed E-state index contributed by atoms with van der Waals surface area (Å²) in [6, 6.07) is 10.2. The molecule has 0 N–H and O–H groups in total. The standard InChI is InChI=1S/C13H17N3S/c1-2-3-7-10-17-13-15-14-11-16(13)12-8-5-4-6-9-12/h4-6,8-9,11H,2-3,7,10H2,1H3. The van der Waals surface area contributed by atoms with Crippen molar-refractivity contribution in [2.75, 3.05) is 5.75 Å². The summed E-state index contributed by atoms with van der Waals surface area (Å²) in [6.07, 6.45) is 5.55. The minimum absolute atomic E-state index is 0.979. The fraction of sp³-hybridized carbons (Fsp3) is 0.385. The molecular formula is C13H17N3S. The Hall–Kier alpha value is -1.29. The van der Waals surface area contributed by atoms with Gasteiger partial charge in [-0.05, 0) is 18.6 Å². The number of unbranched alkanes of at least 4 members (excludes halogenated alkanes) is 2. The lowest BCUT2D eigenvalue weighted by Crippen LogP contribution is -1.95. The van der Waals surface area contributed by atoms with Crippen molar-refractivity contribution in [2.24, 2.45) is 0 Å². The van der Waals surface area contributed by atoms with Crippen molar-refractivity contribution in [1.29, 1.82) is 0 Å². The second kappa shape index (κ2) is 6.45. The third-order valence-corrected chi connectivity index (χ3v) is 3.56. The molecule has 0 radical (unpaired) electrons. The first-order valence-electron chi connectivity index (χ1n) is 6.00. The molecule has 0 unspecified atom stereocenters. The molecule has 2 rings (SSSR count). The molecule has 0 spiro atoms. The molecule has 17 heavy (non-hydrogen) atoms. The smallest absolute Gasteiger partial charge is 0.195 e. The summed E-state index contributed by atoms with van der Waals surface area (Å²) in [5.74, 6) is 1.11. The van der Waals surface area contributed by atoms with E-state index in [1.54, 1.807) is 18.1 Å². The fourth-order valence-corrected chi connectivity index (χ4v) is 2.53. The average Bonchev–Trinajstić information content (AvgIpc) is 2.84. The first-order valence-corrected chi connectivity index (χ1v) is 6.98. The lowest BCUT2D eigenvalue weighted by Gasteiger charge is -2.05. The van der Waals surface area contributed by atoms with Crippen LogP contribution in [-0.2, 0) is 0 Å². The molecule has 2 aromatic rings. The predicted octanol–water partition coefficient (Wildman–Crippen LogP) is 3.55. The van der Waals surface area contributed by atoms with Crippen LogP contribution in [0.4, 0.5) is 0 Å². The van der Waals surface area contributed by atoms with Gasteiger partial charge in [0.1, 0.15) is 6.33 Å². The first-order chi connectivity index (χ1) is 8.42. The number of nitrogens with zero attached hydrogens (tertiary/aromatic N) is 3. The molecule has 0 bridgehead atoms. The van der Waals surface area contributed by atoms with Crippen LogP contribution in [0.25, 0.3) is 5.69 Å². The number of benzene rings is 1. The number of rotatable bonds is 6. The summed E-state index contributed by atoms with van der Waals surface area (Å²) in [5.41, 5.74) is 1.12. The average molecular weight is 247 g/mol. The molecule has 0 aliphatic heterocycles. The predicted molar refractivity (Wildman–Crippen MR) is 71.6 cm³/mol. The molecular weight excluding hydrogens is 230 g/mol. The first kappa shape index (κ1) is 12.2. The number of para-hydroxylation sites is 1. The van der Waals surface area contributed by atoms with Gasteiger partial charge < -0.3 is 0 Å². The molecule has 90 valence electrons. The molecule has 0 amide bonds. The second-order valence-corrected chi connectivity index (χ2v) is 4.94. The van der Waals surface area contributed by atoms with Gasteiger partial charge in [0.25, 0.3) is 0 Å². The molecule has 4 heteroatoms. The largest absolute Gasteiger partial charge is 0.277 e. The minimum Gasteiger partial charge on any atom is -0.277 e. The zero-order chi connectivity index (χ0) is 11.9. The van der Waals surface area contributed by atoms with Gasteiger partial charge >= 0.3 is 0 Å². The van der Waals surface area contributed by atoms with Crippen LogP contribution in [0.2, 0.25) is 0 Å². The van der Waals surface area contributed by atoms with E-state index in [1.807, 2.05) is 22.8 Å². The van der Waals surface area contributed by atoms with Gasteiger partial charge in [-0.3, -0.25) is 4.57 Å². The van der Waals surface area contributed by atoms with Crippen molar-refractivity contribution >= 4 is 11.8 Å². The monoisotopic (exact) mass is 247 g/mol. The highest BCUT2D eigenvalue weighted by molar-refractivity contribution is 7.99. The van der Waals surface area contributed by atoms with Gasteiger partial charge in [-0.25, -0.2) is 0 Å². The topological polar surface area (TPSA) is 30.7 Å². The molecule has 0 saturated heterocycles. The van der Waals surface area contributed by atoms with Crippen LogP contribution in [-0.4, -0.2) is 20.5 Å². The third-order valence-electron chi connectivity index (χ3n) is 2.53. The normalized spacial score (nSPS) is 10.6. The maximum Gasteiger partial charge on any atom is 0.195 e. The van der Waals surface area contributed by atoms with E-state index in [1.165, 1.54) is 19.3 Å². The van der Waals surface area contributed by atoms with E-state index in [0.29, 0.717) is 0 Å². The Morgan fingerprint density at radius 1 is 1.18 bits per heavy atom. The summed E-state index contributed by atoms with van der Waals surface area (Å²) in [6.45, 7) is 2.22. The Kier molecular flexibility index (Phi) is 4.62. The van der Waals surface area contributed by atoms with Crippen molar-refractivity contribution in [2.45, 2.75) is 31.3 Å². The molecule has 1 heterocycles. The quantitative estimate of drug-likeness (QED) is 0.577. The molecule has 0 atom stereocenters. The van der Waals surface area contributed by atoms with Crippen molar-refractivity contribution in [3.05, 3.63) is 36.7 Å². The van der Waals surface area contributed by atoms with Gasteiger partial charge in [0.05, 0.1) is 0 Å². The Morgan fingerprint density at radius 3 is 2.76 bits per heavy atom. The van der Waals surface area contributed by atoms with Gasteiger partial charge in [0.2, 0.25) is 0 Å². The van der Waals surface area contributed by atoms with E-state index < -0.39 is 0 Å². The third kappa shape index (κ3) is 3.33. The Morgan fingerprint density at radius 2 is 2.00 bits per heavy atom. The summed E-state index contributed by atoms with van der Waals surface area (Å²) in [4.78, 5) is 0. The number of hydrogen-bond donors (Lipinski definition) is 0. The van der Waals surface area contributed by atoms with Crippen molar-refractivity contribution in [1.82, 2.24) is 14.8 Å². The van der Waals surface area contributed by atoms with Gasteiger partial charge in [0, 0.05) is 11.4 Å². The van der Waals surface area contributed by atoms with Crippen LogP contribution in [0.15, 0.2) is 41.8 Å². The van der Waals surface area contributed by atoms with Crippen LogP contribution in [0.1, 0.15) is 26.2 Å². The molecule has 3 nitrogen and oxygen atoms in total. The van der Waals surface area contributed by atoms with Crippen LogP contribution in [0.5, 0.6) is 0 Å². The van der Waals surface area contributed by atoms with Crippen LogP contribution in [0.3, 0.4) is 0 Å². The van der Waals surface area contributed by atoms with Crippen molar-refractivity contribution in [3.8, 4) is 5.69 Å². The lowest BCUT2D eigenvalue weighted by molar-refractivity contribution is 0.775. The van der Waals surface area contributed by atoms with E-state index in [-0.39, 0.29) is 0 Å². The number of thioether (sulfide) groups is 1. The number of aromatic nitrogens is 3. The molecule has 1 aromatic carbocycles. The second-order valence-electron chi connectivity index (χ2n) is 3.87. The minimum atomic E-state index is 0.979. The van der Waals surface area contributed by atoms with Gasteiger partial charge in [0.15, 0.2) is 5.16 Å². The Bertz CT molecular complexity index is 439. The summed E-state index contributed by atoms with van der Waals surface area (Å²) < 4.78 is 2.04. The van der Waals surface area contributed by atoms with E-state index in [2.05, 4.69) is 29.3 Å². The highest BCUT2D eigenvalue weighted by atomic mass is 32.2. The highest BCUT2D eigenvalue weighted by Crippen LogP contribution is 2.20. The fourth-order valence-electron chi connectivity index (χ4n) is 1.60. The summed E-state index contributed by atoms with van der Waals surface area (Å²) in [7, 11) is 0. The summed E-state index contributed by atoms with van der Waals surface area (Å²) >= 11 is 1.78. The highest BCUT2D eigenvalue weighted by Gasteiger charge is 2.05. The maximum absolute atomic E-state index is 4.17. The summed E-state index contributed by atoms with van der Waals surface area (Å²) in [5, 5.41) is 9.13. The van der Waals surface area contributed by atoms with Gasteiger partial charge in [-0.1, -0.05) is 49.7 Å². The molecule has 0 aliphatic carbocycles. The zero-order valence-electron chi connectivity index (χ0n) is 10.0. The van der Waals surface area contributed by atoms with E-state index in [0.717, 1.165) is 16.6 Å². The maximum atomic E-state index is 4.17. The Labute approximate surface area is 106 Å². The molecule has 0 aliphatic rings. The molecule has 1 aromatic heterocycles. The van der Waals surface area contributed by atoms with Gasteiger partial charge in [-0.2, -0.15) is 0 Å². The zero-order valence-corrected chi connectivity index (χ0v) is 10.9. The van der Waals surface area contributed by atoms with Crippen LogP contribution >= 0.6 is 11.8 Å². The van der Waals surface area contributed by atoms with Crippen molar-refractivity contribution < 1.29 is 0 Å². The van der Waals surface area contributed by atoms with Crippen LogP contribution in [0, 0.1) is 0 Å².